The van der Waals surface area contributed by atoms with Crippen LogP contribution in [0.15, 0.2) is 22.8 Å². The van der Waals surface area contributed by atoms with Crippen LogP contribution in [0, 0.1) is 0 Å². The molecule has 0 unspecified atom stereocenters. The van der Waals surface area contributed by atoms with Gasteiger partial charge in [-0.2, -0.15) is 0 Å². The van der Waals surface area contributed by atoms with Crippen LogP contribution in [0.5, 0.6) is 0 Å². The highest BCUT2D eigenvalue weighted by molar-refractivity contribution is 8.00. The van der Waals surface area contributed by atoms with Crippen LogP contribution in [0.2, 0.25) is 0 Å². The van der Waals surface area contributed by atoms with Crippen molar-refractivity contribution >= 4 is 39.2 Å². The Labute approximate surface area is 119 Å². The summed E-state index contributed by atoms with van der Waals surface area (Å²) in [6.45, 7) is 2.91. The van der Waals surface area contributed by atoms with Crippen molar-refractivity contribution in [2.75, 3.05) is 20.3 Å². The number of methoxy groups -OCH3 is 1. The quantitative estimate of drug-likeness (QED) is 0.501. The minimum Gasteiger partial charge on any atom is -0.383 e. The molecule has 19 heavy (non-hydrogen) atoms. The standard InChI is InChI=1S/C12H15N3O2S2/c1-8(10(16)13-4-5-17-2)19-12-9-3-6-18-11(9)14-7-15-12/h3,6-8H,4-5H2,1-2H3,(H,13,16)/t8-/m1/s1. The van der Waals surface area contributed by atoms with Gasteiger partial charge in [-0.1, -0.05) is 11.8 Å². The van der Waals surface area contributed by atoms with E-state index in [2.05, 4.69) is 15.3 Å². The summed E-state index contributed by atoms with van der Waals surface area (Å²) in [5.74, 6) is -0.0101. The van der Waals surface area contributed by atoms with E-state index in [9.17, 15) is 4.79 Å². The summed E-state index contributed by atoms with van der Waals surface area (Å²) >= 11 is 3.02. The van der Waals surface area contributed by atoms with Gasteiger partial charge in [0.1, 0.15) is 16.2 Å². The normalized spacial score (nSPS) is 12.5. The lowest BCUT2D eigenvalue weighted by atomic mass is 10.4. The predicted octanol–water partition coefficient (Wildman–Crippen LogP) is 1.93. The summed E-state index contributed by atoms with van der Waals surface area (Å²) in [4.78, 5) is 21.3. The zero-order chi connectivity index (χ0) is 13.7. The SMILES string of the molecule is COCCNC(=O)[C@@H](C)Sc1ncnc2sccc12. The molecule has 0 aliphatic carbocycles. The van der Waals surface area contributed by atoms with E-state index in [1.165, 1.54) is 18.1 Å². The van der Waals surface area contributed by atoms with Crippen LogP contribution >= 0.6 is 23.1 Å². The highest BCUT2D eigenvalue weighted by atomic mass is 32.2. The van der Waals surface area contributed by atoms with E-state index < -0.39 is 0 Å². The van der Waals surface area contributed by atoms with Crippen LogP contribution in [0.3, 0.4) is 0 Å². The second-order valence-electron chi connectivity index (χ2n) is 3.86. The molecule has 5 nitrogen and oxygen atoms in total. The zero-order valence-electron chi connectivity index (χ0n) is 10.8. The van der Waals surface area contributed by atoms with E-state index >= 15 is 0 Å². The summed E-state index contributed by atoms with van der Waals surface area (Å²) < 4.78 is 4.90. The fraction of sp³-hybridized carbons (Fsp3) is 0.417. The minimum atomic E-state index is -0.199. The van der Waals surface area contributed by atoms with Crippen LogP contribution in [-0.4, -0.2) is 41.4 Å². The molecule has 0 aliphatic rings. The van der Waals surface area contributed by atoms with Crippen LogP contribution in [0.4, 0.5) is 0 Å². The molecule has 2 aromatic rings. The largest absolute Gasteiger partial charge is 0.383 e. The lowest BCUT2D eigenvalue weighted by Gasteiger charge is -2.11. The Bertz CT molecular complexity index is 559. The third kappa shape index (κ3) is 3.65. The van der Waals surface area contributed by atoms with Crippen molar-refractivity contribution in [2.24, 2.45) is 0 Å². The van der Waals surface area contributed by atoms with Crippen LogP contribution in [0.25, 0.3) is 10.2 Å². The van der Waals surface area contributed by atoms with Crippen molar-refractivity contribution in [3.8, 4) is 0 Å². The number of amides is 1. The first-order valence-electron chi connectivity index (χ1n) is 5.84. The van der Waals surface area contributed by atoms with Crippen molar-refractivity contribution in [1.29, 1.82) is 0 Å². The third-order valence-electron chi connectivity index (χ3n) is 2.49. The van der Waals surface area contributed by atoms with Crippen LogP contribution < -0.4 is 5.32 Å². The summed E-state index contributed by atoms with van der Waals surface area (Å²) in [6, 6.07) is 1.98. The Morgan fingerprint density at radius 1 is 1.58 bits per heavy atom. The average Bonchev–Trinajstić information content (AvgIpc) is 2.88. The number of nitrogens with one attached hydrogen (secondary N) is 1. The lowest BCUT2D eigenvalue weighted by molar-refractivity contribution is -0.120. The number of nitrogens with zero attached hydrogens (tertiary/aromatic N) is 2. The maximum Gasteiger partial charge on any atom is 0.233 e. The number of thioether (sulfide) groups is 1. The second kappa shape index (κ2) is 6.83. The summed E-state index contributed by atoms with van der Waals surface area (Å²) in [5, 5.41) is 6.46. The molecule has 1 atom stereocenters. The number of hydrogen-bond donors (Lipinski definition) is 1. The Kier molecular flexibility index (Phi) is 5.12. The lowest BCUT2D eigenvalue weighted by Crippen LogP contribution is -2.33. The molecule has 0 fully saturated rings. The summed E-state index contributed by atoms with van der Waals surface area (Å²) in [5.41, 5.74) is 0. The molecule has 0 spiro atoms. The van der Waals surface area contributed by atoms with Crippen molar-refractivity contribution in [3.05, 3.63) is 17.8 Å². The number of ether oxygens (including phenoxy) is 1. The summed E-state index contributed by atoms with van der Waals surface area (Å²) in [7, 11) is 1.61. The van der Waals surface area contributed by atoms with Crippen molar-refractivity contribution < 1.29 is 9.53 Å². The maximum atomic E-state index is 11.9. The highest BCUT2D eigenvalue weighted by Gasteiger charge is 2.16. The number of hydrogen-bond acceptors (Lipinski definition) is 6. The smallest absolute Gasteiger partial charge is 0.233 e. The van der Waals surface area contributed by atoms with E-state index in [4.69, 9.17) is 4.74 Å². The number of rotatable bonds is 6. The molecule has 0 radical (unpaired) electrons. The first kappa shape index (κ1) is 14.2. The van der Waals surface area contributed by atoms with Gasteiger partial charge in [-0.05, 0) is 18.4 Å². The first-order valence-corrected chi connectivity index (χ1v) is 7.60. The molecule has 0 saturated carbocycles. The van der Waals surface area contributed by atoms with Gasteiger partial charge in [-0.3, -0.25) is 4.79 Å². The number of carbonyl (C=O) groups is 1. The van der Waals surface area contributed by atoms with Crippen molar-refractivity contribution in [1.82, 2.24) is 15.3 Å². The first-order chi connectivity index (χ1) is 9.22. The van der Waals surface area contributed by atoms with Gasteiger partial charge < -0.3 is 10.1 Å². The van der Waals surface area contributed by atoms with Gasteiger partial charge in [-0.25, -0.2) is 9.97 Å². The van der Waals surface area contributed by atoms with E-state index in [1.54, 1.807) is 18.4 Å². The van der Waals surface area contributed by atoms with Gasteiger partial charge in [0, 0.05) is 19.0 Å². The zero-order valence-corrected chi connectivity index (χ0v) is 12.4. The second-order valence-corrected chi connectivity index (χ2v) is 6.09. The number of fused-ring (bicyclic) bond motifs is 1. The monoisotopic (exact) mass is 297 g/mol. The van der Waals surface area contributed by atoms with Crippen molar-refractivity contribution in [2.45, 2.75) is 17.2 Å². The topological polar surface area (TPSA) is 64.1 Å². The maximum absolute atomic E-state index is 11.9. The molecule has 2 heterocycles. The van der Waals surface area contributed by atoms with E-state index in [-0.39, 0.29) is 11.2 Å². The minimum absolute atomic E-state index is 0.0101. The van der Waals surface area contributed by atoms with E-state index in [0.717, 1.165) is 15.2 Å². The van der Waals surface area contributed by atoms with E-state index in [1.807, 2.05) is 18.4 Å². The Balaban J connectivity index is 2.00. The van der Waals surface area contributed by atoms with Gasteiger partial charge >= 0.3 is 0 Å². The molecular weight excluding hydrogens is 282 g/mol. The number of thiophene rings is 1. The molecule has 1 amide bonds. The molecule has 2 aromatic heterocycles. The predicted molar refractivity (Wildman–Crippen MR) is 77.6 cm³/mol. The average molecular weight is 297 g/mol. The van der Waals surface area contributed by atoms with E-state index in [0.29, 0.717) is 13.2 Å². The molecule has 2 rings (SSSR count). The fourth-order valence-electron chi connectivity index (χ4n) is 1.50. The molecular formula is C12H15N3O2S2. The molecule has 0 aromatic carbocycles. The number of aromatic nitrogens is 2. The Morgan fingerprint density at radius 2 is 2.42 bits per heavy atom. The molecule has 1 N–H and O–H groups in total. The fourth-order valence-corrected chi connectivity index (χ4v) is 3.22. The molecule has 0 bridgehead atoms. The van der Waals surface area contributed by atoms with Crippen LogP contribution in [0.1, 0.15) is 6.92 Å². The van der Waals surface area contributed by atoms with Crippen molar-refractivity contribution in [3.63, 3.8) is 0 Å². The third-order valence-corrected chi connectivity index (χ3v) is 4.43. The van der Waals surface area contributed by atoms with Gasteiger partial charge in [0.2, 0.25) is 5.91 Å². The Morgan fingerprint density at radius 3 is 3.21 bits per heavy atom. The summed E-state index contributed by atoms with van der Waals surface area (Å²) in [6.07, 6.45) is 1.54. The van der Waals surface area contributed by atoms with Gasteiger partial charge in [0.25, 0.3) is 0 Å². The van der Waals surface area contributed by atoms with Crippen LogP contribution in [-0.2, 0) is 9.53 Å². The molecule has 0 saturated heterocycles. The van der Waals surface area contributed by atoms with Gasteiger partial charge in [0.05, 0.1) is 11.9 Å². The molecule has 0 aliphatic heterocycles. The highest BCUT2D eigenvalue weighted by Crippen LogP contribution is 2.30. The number of carbonyl (C=O) groups excluding carboxylic acids is 1. The molecule has 102 valence electrons. The Hall–Kier alpha value is -1.18. The molecule has 7 heteroatoms. The van der Waals surface area contributed by atoms with Gasteiger partial charge in [-0.15, -0.1) is 11.3 Å². The van der Waals surface area contributed by atoms with Gasteiger partial charge in [0.15, 0.2) is 0 Å².